The number of nitrogens with one attached hydrogen (secondary N) is 1. The van der Waals surface area contributed by atoms with Gasteiger partial charge in [-0.3, -0.25) is 9.59 Å². The molecule has 0 spiro atoms. The van der Waals surface area contributed by atoms with E-state index in [1.54, 1.807) is 23.2 Å². The van der Waals surface area contributed by atoms with E-state index in [1.807, 2.05) is 13.8 Å². The minimum absolute atomic E-state index is 0.0356. The highest BCUT2D eigenvalue weighted by atomic mass is 16.2. The maximum Gasteiger partial charge on any atom is 0.245 e. The standard InChI is InChI=1S/C17H23N5O2/c1-12(2)16(20-13(3)23)17(24)22-8-6-21(7-9-22)15-10-14(11-18)4-5-19-15/h4-5,10,12,16H,6-9H2,1-3H3,(H,20,23). The Morgan fingerprint density at radius 1 is 1.29 bits per heavy atom. The number of nitrogens with zero attached hydrogens (tertiary/aromatic N) is 4. The summed E-state index contributed by atoms with van der Waals surface area (Å²) in [6.45, 7) is 7.71. The number of pyridine rings is 1. The van der Waals surface area contributed by atoms with E-state index in [9.17, 15) is 9.59 Å². The van der Waals surface area contributed by atoms with Gasteiger partial charge in [0.2, 0.25) is 11.8 Å². The van der Waals surface area contributed by atoms with Crippen molar-refractivity contribution in [2.45, 2.75) is 26.8 Å². The molecule has 1 aliphatic rings. The molecule has 7 heteroatoms. The van der Waals surface area contributed by atoms with E-state index in [-0.39, 0.29) is 17.7 Å². The first-order chi connectivity index (χ1) is 11.4. The molecule has 24 heavy (non-hydrogen) atoms. The van der Waals surface area contributed by atoms with Gasteiger partial charge in [-0.05, 0) is 18.1 Å². The van der Waals surface area contributed by atoms with Gasteiger partial charge in [-0.25, -0.2) is 4.98 Å². The lowest BCUT2D eigenvalue weighted by atomic mass is 10.0. The van der Waals surface area contributed by atoms with Gasteiger partial charge in [0, 0.05) is 39.3 Å². The molecule has 1 N–H and O–H groups in total. The highest BCUT2D eigenvalue weighted by molar-refractivity contribution is 5.87. The molecular weight excluding hydrogens is 306 g/mol. The molecule has 0 bridgehead atoms. The number of hydrogen-bond donors (Lipinski definition) is 1. The molecule has 2 rings (SSSR count). The molecule has 1 aromatic rings. The Morgan fingerprint density at radius 2 is 1.96 bits per heavy atom. The summed E-state index contributed by atoms with van der Waals surface area (Å²) in [6.07, 6.45) is 1.62. The van der Waals surface area contributed by atoms with E-state index in [2.05, 4.69) is 21.3 Å². The molecule has 0 aromatic carbocycles. The van der Waals surface area contributed by atoms with Crippen LogP contribution < -0.4 is 10.2 Å². The first-order valence-electron chi connectivity index (χ1n) is 8.09. The molecule has 2 heterocycles. The lowest BCUT2D eigenvalue weighted by Gasteiger charge is -2.37. The lowest BCUT2D eigenvalue weighted by molar-refractivity contribution is -0.137. The van der Waals surface area contributed by atoms with Crippen LogP contribution >= 0.6 is 0 Å². The molecular formula is C17H23N5O2. The monoisotopic (exact) mass is 329 g/mol. The summed E-state index contributed by atoms with van der Waals surface area (Å²) in [5.74, 6) is 0.550. The van der Waals surface area contributed by atoms with E-state index in [1.165, 1.54) is 6.92 Å². The van der Waals surface area contributed by atoms with Gasteiger partial charge in [0.05, 0.1) is 11.6 Å². The van der Waals surface area contributed by atoms with Crippen LogP contribution in [0, 0.1) is 17.2 Å². The van der Waals surface area contributed by atoms with Crippen molar-refractivity contribution in [1.82, 2.24) is 15.2 Å². The minimum Gasteiger partial charge on any atom is -0.353 e. The zero-order chi connectivity index (χ0) is 17.7. The fourth-order valence-corrected chi connectivity index (χ4v) is 2.75. The fraction of sp³-hybridized carbons (Fsp3) is 0.529. The van der Waals surface area contributed by atoms with Crippen LogP contribution in [-0.4, -0.2) is 53.9 Å². The second-order valence-corrected chi connectivity index (χ2v) is 6.25. The largest absolute Gasteiger partial charge is 0.353 e. The molecule has 1 saturated heterocycles. The van der Waals surface area contributed by atoms with Crippen LogP contribution in [0.1, 0.15) is 26.3 Å². The maximum absolute atomic E-state index is 12.7. The van der Waals surface area contributed by atoms with Crippen molar-refractivity contribution in [1.29, 1.82) is 5.26 Å². The molecule has 1 fully saturated rings. The van der Waals surface area contributed by atoms with Crippen LogP contribution in [0.25, 0.3) is 0 Å². The Balaban J connectivity index is 1.99. The van der Waals surface area contributed by atoms with E-state index in [4.69, 9.17) is 5.26 Å². The summed E-state index contributed by atoms with van der Waals surface area (Å²) >= 11 is 0. The van der Waals surface area contributed by atoms with Crippen molar-refractivity contribution in [3.05, 3.63) is 23.9 Å². The van der Waals surface area contributed by atoms with Gasteiger partial charge in [-0.1, -0.05) is 13.8 Å². The number of aromatic nitrogens is 1. The summed E-state index contributed by atoms with van der Waals surface area (Å²) in [4.78, 5) is 32.1. The number of piperazine rings is 1. The molecule has 0 radical (unpaired) electrons. The highest BCUT2D eigenvalue weighted by Crippen LogP contribution is 2.16. The zero-order valence-corrected chi connectivity index (χ0v) is 14.3. The third-order valence-electron chi connectivity index (χ3n) is 4.08. The summed E-state index contributed by atoms with van der Waals surface area (Å²) in [7, 11) is 0. The topological polar surface area (TPSA) is 89.3 Å². The average molecular weight is 329 g/mol. The number of amides is 2. The van der Waals surface area contributed by atoms with Crippen LogP contribution in [0.3, 0.4) is 0 Å². The van der Waals surface area contributed by atoms with Crippen molar-refractivity contribution < 1.29 is 9.59 Å². The third-order valence-corrected chi connectivity index (χ3v) is 4.08. The number of anilines is 1. The van der Waals surface area contributed by atoms with E-state index < -0.39 is 6.04 Å². The first-order valence-corrected chi connectivity index (χ1v) is 8.09. The Hall–Kier alpha value is -2.62. The van der Waals surface area contributed by atoms with Crippen molar-refractivity contribution in [3.8, 4) is 6.07 Å². The van der Waals surface area contributed by atoms with E-state index in [0.29, 0.717) is 31.7 Å². The number of rotatable bonds is 4. The van der Waals surface area contributed by atoms with Crippen molar-refractivity contribution in [2.24, 2.45) is 5.92 Å². The van der Waals surface area contributed by atoms with E-state index in [0.717, 1.165) is 5.82 Å². The molecule has 2 amide bonds. The minimum atomic E-state index is -0.492. The van der Waals surface area contributed by atoms with Gasteiger partial charge in [-0.15, -0.1) is 0 Å². The highest BCUT2D eigenvalue weighted by Gasteiger charge is 2.30. The molecule has 0 saturated carbocycles. The van der Waals surface area contributed by atoms with E-state index >= 15 is 0 Å². The third kappa shape index (κ3) is 4.22. The smallest absolute Gasteiger partial charge is 0.245 e. The number of carbonyl (C=O) groups excluding carboxylic acids is 2. The Morgan fingerprint density at radius 3 is 2.50 bits per heavy atom. The summed E-state index contributed by atoms with van der Waals surface area (Å²) < 4.78 is 0. The Kier molecular flexibility index (Phi) is 5.74. The normalized spacial score (nSPS) is 15.8. The quantitative estimate of drug-likeness (QED) is 0.881. The molecule has 0 aliphatic carbocycles. The summed E-state index contributed by atoms with van der Waals surface area (Å²) in [5, 5.41) is 11.7. The number of hydrogen-bond acceptors (Lipinski definition) is 5. The summed E-state index contributed by atoms with van der Waals surface area (Å²) in [6, 6.07) is 5.04. The van der Waals surface area contributed by atoms with Gasteiger partial charge >= 0.3 is 0 Å². The molecule has 7 nitrogen and oxygen atoms in total. The van der Waals surface area contributed by atoms with Crippen molar-refractivity contribution >= 4 is 17.6 Å². The van der Waals surface area contributed by atoms with Crippen molar-refractivity contribution in [3.63, 3.8) is 0 Å². The predicted molar refractivity (Wildman–Crippen MR) is 90.2 cm³/mol. The van der Waals surface area contributed by atoms with Gasteiger partial charge < -0.3 is 15.1 Å². The second-order valence-electron chi connectivity index (χ2n) is 6.25. The van der Waals surface area contributed by atoms with Crippen LogP contribution in [-0.2, 0) is 9.59 Å². The SMILES string of the molecule is CC(=O)NC(C(=O)N1CCN(c2cc(C#N)ccn2)CC1)C(C)C. The summed E-state index contributed by atoms with van der Waals surface area (Å²) in [5.41, 5.74) is 0.573. The first kappa shape index (κ1) is 17.7. The molecule has 1 aromatic heterocycles. The van der Waals surface area contributed by atoms with Crippen LogP contribution in [0.15, 0.2) is 18.3 Å². The zero-order valence-electron chi connectivity index (χ0n) is 14.3. The van der Waals surface area contributed by atoms with Crippen LogP contribution in [0.5, 0.6) is 0 Å². The van der Waals surface area contributed by atoms with Gasteiger partial charge in [0.25, 0.3) is 0 Å². The molecule has 1 aliphatic heterocycles. The second kappa shape index (κ2) is 7.77. The van der Waals surface area contributed by atoms with Crippen LogP contribution in [0.4, 0.5) is 5.82 Å². The van der Waals surface area contributed by atoms with Gasteiger partial charge in [-0.2, -0.15) is 5.26 Å². The Bertz CT molecular complexity index is 645. The molecule has 128 valence electrons. The Labute approximate surface area is 142 Å². The van der Waals surface area contributed by atoms with Crippen molar-refractivity contribution in [2.75, 3.05) is 31.1 Å². The van der Waals surface area contributed by atoms with Crippen LogP contribution in [0.2, 0.25) is 0 Å². The lowest BCUT2D eigenvalue weighted by Crippen LogP contribution is -2.56. The van der Waals surface area contributed by atoms with Gasteiger partial charge in [0.15, 0.2) is 0 Å². The average Bonchev–Trinajstić information content (AvgIpc) is 2.59. The number of nitriles is 1. The molecule has 1 unspecified atom stereocenters. The number of carbonyl (C=O) groups is 2. The van der Waals surface area contributed by atoms with Gasteiger partial charge in [0.1, 0.15) is 11.9 Å². The fourth-order valence-electron chi connectivity index (χ4n) is 2.75. The maximum atomic E-state index is 12.7. The molecule has 1 atom stereocenters. The predicted octanol–water partition coefficient (Wildman–Crippen LogP) is 0.763.